The van der Waals surface area contributed by atoms with Gasteiger partial charge in [0, 0.05) is 29.9 Å². The summed E-state index contributed by atoms with van der Waals surface area (Å²) in [7, 11) is 0. The summed E-state index contributed by atoms with van der Waals surface area (Å²) in [6, 6.07) is 5.89. The fourth-order valence-corrected chi connectivity index (χ4v) is 3.52. The number of hydrogen-bond acceptors (Lipinski definition) is 6. The van der Waals surface area contributed by atoms with Crippen molar-refractivity contribution in [3.63, 3.8) is 0 Å². The average Bonchev–Trinajstić information content (AvgIpc) is 3.05. The molecule has 0 bridgehead atoms. The first kappa shape index (κ1) is 20.6. The van der Waals surface area contributed by atoms with E-state index in [2.05, 4.69) is 0 Å². The van der Waals surface area contributed by atoms with Crippen LogP contribution in [0.1, 0.15) is 47.3 Å². The van der Waals surface area contributed by atoms with E-state index in [4.69, 9.17) is 9.47 Å². The minimum absolute atomic E-state index is 0.0783. The smallest absolute Gasteiger partial charge is 0.165 e. The molecule has 6 nitrogen and oxygen atoms in total. The topological polar surface area (TPSA) is 95.9 Å². The summed E-state index contributed by atoms with van der Waals surface area (Å²) in [5.41, 5.74) is 1.70. The zero-order valence-corrected chi connectivity index (χ0v) is 16.3. The maximum Gasteiger partial charge on any atom is 0.165 e. The lowest BCUT2D eigenvalue weighted by Gasteiger charge is -2.17. The van der Waals surface area contributed by atoms with E-state index in [1.54, 1.807) is 12.1 Å². The number of carbonyl (C=O) groups excluding carboxylic acids is 2. The van der Waals surface area contributed by atoms with Crippen molar-refractivity contribution in [3.05, 3.63) is 52.3 Å². The third-order valence-electron chi connectivity index (χ3n) is 4.80. The van der Waals surface area contributed by atoms with Gasteiger partial charge in [0.15, 0.2) is 17.3 Å². The molecule has 7 heteroatoms. The summed E-state index contributed by atoms with van der Waals surface area (Å²) in [5.74, 6) is -1.65. The molecule has 154 valence electrons. The number of carboxylic acids is 1. The van der Waals surface area contributed by atoms with Gasteiger partial charge in [-0.05, 0) is 37.1 Å². The molecule has 29 heavy (non-hydrogen) atoms. The molecule has 1 heterocycles. The molecule has 1 aliphatic heterocycles. The number of phenols is 1. The minimum Gasteiger partial charge on any atom is -0.550 e. The molecule has 3 rings (SSSR count). The van der Waals surface area contributed by atoms with Crippen molar-refractivity contribution in [1.82, 2.24) is 0 Å². The molecular formula is C22H22FO6-. The van der Waals surface area contributed by atoms with Gasteiger partial charge in [0.2, 0.25) is 0 Å². The monoisotopic (exact) mass is 401 g/mol. The van der Waals surface area contributed by atoms with Crippen LogP contribution in [-0.2, 0) is 24.1 Å². The number of hydrogen-bond donors (Lipinski definition) is 1. The summed E-state index contributed by atoms with van der Waals surface area (Å²) in [6.45, 7) is 3.45. The normalized spacial score (nSPS) is 14.9. The van der Waals surface area contributed by atoms with E-state index in [9.17, 15) is 24.2 Å². The maximum atomic E-state index is 14.2. The van der Waals surface area contributed by atoms with Gasteiger partial charge in [-0.15, -0.1) is 0 Å². The van der Waals surface area contributed by atoms with Crippen LogP contribution in [0.3, 0.4) is 0 Å². The van der Waals surface area contributed by atoms with Crippen LogP contribution in [0.25, 0.3) is 0 Å². The lowest BCUT2D eigenvalue weighted by molar-refractivity contribution is -0.304. The van der Waals surface area contributed by atoms with Crippen LogP contribution in [0, 0.1) is 5.82 Å². The quantitative estimate of drug-likeness (QED) is 0.683. The van der Waals surface area contributed by atoms with E-state index >= 15 is 0 Å². The van der Waals surface area contributed by atoms with Crippen molar-refractivity contribution >= 4 is 11.8 Å². The Labute approximate surface area is 167 Å². The van der Waals surface area contributed by atoms with E-state index in [0.717, 1.165) is 12.5 Å². The number of aromatic hydroxyl groups is 1. The van der Waals surface area contributed by atoms with Gasteiger partial charge >= 0.3 is 0 Å². The lowest BCUT2D eigenvalue weighted by atomic mass is 10.0. The SMILES string of the molecule is CCCc1c(OCC2Cc3cc(CC(=O)[O-])cc(F)c3O2)ccc(C(C)=O)c1O. The second-order valence-electron chi connectivity index (χ2n) is 7.11. The van der Waals surface area contributed by atoms with Crippen molar-refractivity contribution in [2.45, 2.75) is 45.6 Å². The van der Waals surface area contributed by atoms with Gasteiger partial charge in [-0.1, -0.05) is 19.4 Å². The molecule has 1 unspecified atom stereocenters. The molecule has 2 aromatic carbocycles. The molecule has 1 N–H and O–H groups in total. The number of ketones is 1. The van der Waals surface area contributed by atoms with Crippen molar-refractivity contribution in [2.75, 3.05) is 6.61 Å². The highest BCUT2D eigenvalue weighted by atomic mass is 19.1. The molecular weight excluding hydrogens is 379 g/mol. The predicted molar refractivity (Wildman–Crippen MR) is 101 cm³/mol. The molecule has 0 saturated carbocycles. The number of benzene rings is 2. The van der Waals surface area contributed by atoms with E-state index < -0.39 is 17.9 Å². The molecule has 0 aromatic heterocycles. The highest BCUT2D eigenvalue weighted by Crippen LogP contribution is 2.35. The maximum absolute atomic E-state index is 14.2. The Morgan fingerprint density at radius 3 is 2.76 bits per heavy atom. The zero-order chi connectivity index (χ0) is 21.1. The number of fused-ring (bicyclic) bond motifs is 1. The number of halogens is 1. The molecule has 1 aliphatic rings. The first-order chi connectivity index (χ1) is 13.8. The van der Waals surface area contributed by atoms with Gasteiger partial charge < -0.3 is 24.5 Å². The number of ether oxygens (including phenoxy) is 2. The third-order valence-corrected chi connectivity index (χ3v) is 4.80. The first-order valence-electron chi connectivity index (χ1n) is 9.46. The zero-order valence-electron chi connectivity index (χ0n) is 16.3. The van der Waals surface area contributed by atoms with Gasteiger partial charge in [0.1, 0.15) is 24.2 Å². The van der Waals surface area contributed by atoms with E-state index in [0.29, 0.717) is 35.3 Å². The van der Waals surface area contributed by atoms with Crippen molar-refractivity contribution in [3.8, 4) is 17.2 Å². The van der Waals surface area contributed by atoms with Crippen molar-refractivity contribution in [2.24, 2.45) is 0 Å². The Morgan fingerprint density at radius 1 is 1.34 bits per heavy atom. The highest BCUT2D eigenvalue weighted by molar-refractivity contribution is 5.97. The van der Waals surface area contributed by atoms with E-state index in [1.165, 1.54) is 13.0 Å². The number of Topliss-reactive ketones (excluding diaryl/α,β-unsaturated/α-hetero) is 1. The Kier molecular flexibility index (Phi) is 6.06. The number of carboxylic acid groups (broad SMARTS) is 1. The van der Waals surface area contributed by atoms with E-state index in [-0.39, 0.29) is 35.9 Å². The van der Waals surface area contributed by atoms with Gasteiger partial charge in [0.25, 0.3) is 0 Å². The Hall–Kier alpha value is -3.09. The van der Waals surface area contributed by atoms with Crippen LogP contribution in [-0.4, -0.2) is 29.6 Å². The number of aliphatic carboxylic acids is 1. The van der Waals surface area contributed by atoms with Crippen LogP contribution in [0.15, 0.2) is 24.3 Å². The largest absolute Gasteiger partial charge is 0.550 e. The second-order valence-corrected chi connectivity index (χ2v) is 7.11. The van der Waals surface area contributed by atoms with Crippen molar-refractivity contribution in [1.29, 1.82) is 0 Å². The lowest BCUT2D eigenvalue weighted by Crippen LogP contribution is -2.24. The fraction of sp³-hybridized carbons (Fsp3) is 0.364. The van der Waals surface area contributed by atoms with Gasteiger partial charge in [0.05, 0.1) is 5.56 Å². The summed E-state index contributed by atoms with van der Waals surface area (Å²) in [5, 5.41) is 21.2. The minimum atomic E-state index is -1.28. The summed E-state index contributed by atoms with van der Waals surface area (Å²) in [4.78, 5) is 22.4. The summed E-state index contributed by atoms with van der Waals surface area (Å²) >= 11 is 0. The molecule has 2 aromatic rings. The standard InChI is InChI=1S/C22H23FO6/c1-3-4-17-19(6-5-16(12(2)24)21(17)27)28-11-15-10-14-7-13(9-20(25)26)8-18(23)22(14)29-15/h5-8,15,27H,3-4,9-11H2,1-2H3,(H,25,26)/p-1. The predicted octanol–water partition coefficient (Wildman–Crippen LogP) is 2.36. The fourth-order valence-electron chi connectivity index (χ4n) is 3.52. The van der Waals surface area contributed by atoms with E-state index in [1.807, 2.05) is 6.92 Å². The van der Waals surface area contributed by atoms with Crippen LogP contribution in [0.2, 0.25) is 0 Å². The first-order valence-corrected chi connectivity index (χ1v) is 9.46. The van der Waals surface area contributed by atoms with Gasteiger partial charge in [-0.25, -0.2) is 4.39 Å². The van der Waals surface area contributed by atoms with Crippen LogP contribution in [0.4, 0.5) is 4.39 Å². The Balaban J connectivity index is 1.74. The molecule has 0 saturated heterocycles. The Bertz CT molecular complexity index is 953. The Morgan fingerprint density at radius 2 is 2.10 bits per heavy atom. The molecule has 0 radical (unpaired) electrons. The van der Waals surface area contributed by atoms with Crippen molar-refractivity contribution < 1.29 is 33.7 Å². The third kappa shape index (κ3) is 4.50. The molecule has 0 fully saturated rings. The van der Waals surface area contributed by atoms with Crippen LogP contribution >= 0.6 is 0 Å². The van der Waals surface area contributed by atoms with Crippen LogP contribution < -0.4 is 14.6 Å². The van der Waals surface area contributed by atoms with Gasteiger partial charge in [-0.2, -0.15) is 0 Å². The van der Waals surface area contributed by atoms with Gasteiger partial charge in [-0.3, -0.25) is 4.79 Å². The molecule has 0 amide bonds. The average molecular weight is 401 g/mol. The molecule has 0 aliphatic carbocycles. The van der Waals surface area contributed by atoms with Crippen LogP contribution in [0.5, 0.6) is 17.2 Å². The molecule has 1 atom stereocenters. The second kappa shape index (κ2) is 8.51. The summed E-state index contributed by atoms with van der Waals surface area (Å²) < 4.78 is 25.7. The summed E-state index contributed by atoms with van der Waals surface area (Å²) in [6.07, 6.45) is 0.835. The number of rotatable bonds is 8. The highest BCUT2D eigenvalue weighted by Gasteiger charge is 2.28. The molecule has 0 spiro atoms. The number of carbonyl (C=O) groups is 2. The number of phenolic OH excluding ortho intramolecular Hbond substituents is 1.